The van der Waals surface area contributed by atoms with Crippen molar-refractivity contribution >= 4 is 28.7 Å². The lowest BCUT2D eigenvalue weighted by Gasteiger charge is -2.35. The molecule has 134 valence electrons. The summed E-state index contributed by atoms with van der Waals surface area (Å²) in [4.78, 5) is 24.6. The highest BCUT2D eigenvalue weighted by atomic mass is 19.1. The molecule has 1 aliphatic rings. The van der Waals surface area contributed by atoms with E-state index in [0.717, 1.165) is 0 Å². The third-order valence-electron chi connectivity index (χ3n) is 4.35. The molecule has 9 nitrogen and oxygen atoms in total. The highest BCUT2D eigenvalue weighted by molar-refractivity contribution is 5.89. The zero-order chi connectivity index (χ0) is 18.1. The number of nitrogens with zero attached hydrogens (tertiary/aromatic N) is 7. The molecule has 1 fully saturated rings. The van der Waals surface area contributed by atoms with E-state index in [0.29, 0.717) is 43.2 Å². The molecule has 1 saturated heterocycles. The molecule has 0 bridgehead atoms. The van der Waals surface area contributed by atoms with Crippen molar-refractivity contribution in [2.24, 2.45) is 7.05 Å². The molecule has 0 saturated carbocycles. The van der Waals surface area contributed by atoms with Gasteiger partial charge in [0.15, 0.2) is 17.0 Å². The fourth-order valence-electron chi connectivity index (χ4n) is 2.95. The summed E-state index contributed by atoms with van der Waals surface area (Å²) in [7, 11) is 1.77. The van der Waals surface area contributed by atoms with E-state index in [2.05, 4.69) is 25.6 Å². The molecule has 2 aromatic heterocycles. The van der Waals surface area contributed by atoms with Gasteiger partial charge < -0.3 is 15.1 Å². The number of aryl methyl sites for hydroxylation is 1. The van der Waals surface area contributed by atoms with Crippen LogP contribution in [0.5, 0.6) is 0 Å². The maximum Gasteiger partial charge on any atom is 0.322 e. The highest BCUT2D eigenvalue weighted by Crippen LogP contribution is 2.21. The number of hydrogen-bond acceptors (Lipinski definition) is 6. The van der Waals surface area contributed by atoms with Crippen molar-refractivity contribution in [2.45, 2.75) is 0 Å². The molecule has 26 heavy (non-hydrogen) atoms. The second-order valence-electron chi connectivity index (χ2n) is 5.97. The largest absolute Gasteiger partial charge is 0.351 e. The van der Waals surface area contributed by atoms with Gasteiger partial charge in [0.2, 0.25) is 0 Å². The third kappa shape index (κ3) is 2.89. The Morgan fingerprint density at radius 1 is 1.15 bits per heavy atom. The molecule has 0 atom stereocenters. The number of para-hydroxylation sites is 1. The Morgan fingerprint density at radius 3 is 2.69 bits per heavy atom. The molecule has 1 aliphatic heterocycles. The van der Waals surface area contributed by atoms with Crippen LogP contribution in [0.1, 0.15) is 0 Å². The molecule has 0 unspecified atom stereocenters. The van der Waals surface area contributed by atoms with E-state index in [1.807, 2.05) is 4.90 Å². The number of halogens is 1. The van der Waals surface area contributed by atoms with Crippen molar-refractivity contribution in [2.75, 3.05) is 36.4 Å². The minimum Gasteiger partial charge on any atom is -0.351 e. The number of benzene rings is 1. The van der Waals surface area contributed by atoms with Gasteiger partial charge in [0.05, 0.1) is 5.69 Å². The highest BCUT2D eigenvalue weighted by Gasteiger charge is 2.24. The van der Waals surface area contributed by atoms with Crippen LogP contribution in [-0.4, -0.2) is 62.1 Å². The van der Waals surface area contributed by atoms with Gasteiger partial charge >= 0.3 is 6.03 Å². The lowest BCUT2D eigenvalue weighted by Crippen LogP contribution is -2.50. The Balaban J connectivity index is 1.44. The average Bonchev–Trinajstić information content (AvgIpc) is 3.05. The second kappa shape index (κ2) is 6.54. The van der Waals surface area contributed by atoms with E-state index in [1.165, 1.54) is 18.5 Å². The fraction of sp³-hybridized carbons (Fsp3) is 0.312. The van der Waals surface area contributed by atoms with Crippen molar-refractivity contribution in [1.82, 2.24) is 29.9 Å². The predicted molar refractivity (Wildman–Crippen MR) is 93.3 cm³/mol. The first-order valence-corrected chi connectivity index (χ1v) is 8.19. The first kappa shape index (κ1) is 16.2. The zero-order valence-electron chi connectivity index (χ0n) is 14.1. The van der Waals surface area contributed by atoms with E-state index in [-0.39, 0.29) is 11.7 Å². The standard InChI is InChI=1S/C16H17FN8O/c1-23-14-13(21-22-23)15(19-10-18-14)24-6-8-25(9-7-24)16(26)20-12-5-3-2-4-11(12)17/h2-5,10H,6-9H2,1H3,(H,20,26). The maximum atomic E-state index is 13.7. The monoisotopic (exact) mass is 356 g/mol. The van der Waals surface area contributed by atoms with Crippen LogP contribution in [-0.2, 0) is 7.05 Å². The van der Waals surface area contributed by atoms with Gasteiger partial charge in [-0.1, -0.05) is 17.3 Å². The predicted octanol–water partition coefficient (Wildman–Crippen LogP) is 1.25. The molecular weight excluding hydrogens is 339 g/mol. The Kier molecular flexibility index (Phi) is 4.07. The van der Waals surface area contributed by atoms with Crippen LogP contribution in [0.2, 0.25) is 0 Å². The number of urea groups is 1. The minimum atomic E-state index is -0.453. The molecule has 10 heteroatoms. The second-order valence-corrected chi connectivity index (χ2v) is 5.97. The smallest absolute Gasteiger partial charge is 0.322 e. The van der Waals surface area contributed by atoms with E-state index in [1.54, 1.807) is 28.8 Å². The minimum absolute atomic E-state index is 0.178. The lowest BCUT2D eigenvalue weighted by atomic mass is 10.3. The number of carbonyl (C=O) groups excluding carboxylic acids is 1. The van der Waals surface area contributed by atoms with Gasteiger partial charge in [0.1, 0.15) is 12.1 Å². The van der Waals surface area contributed by atoms with Gasteiger partial charge in [0.25, 0.3) is 0 Å². The Bertz CT molecular complexity index is 950. The zero-order valence-corrected chi connectivity index (χ0v) is 14.1. The molecule has 2 amide bonds. The van der Waals surface area contributed by atoms with E-state index in [9.17, 15) is 9.18 Å². The molecular formula is C16H17FN8O. The number of amides is 2. The summed E-state index contributed by atoms with van der Waals surface area (Å²) in [6.07, 6.45) is 1.48. The molecule has 0 aliphatic carbocycles. The number of nitrogens with one attached hydrogen (secondary N) is 1. The maximum absolute atomic E-state index is 13.7. The van der Waals surface area contributed by atoms with E-state index in [4.69, 9.17) is 0 Å². The molecule has 0 spiro atoms. The van der Waals surface area contributed by atoms with Crippen LogP contribution in [0.25, 0.3) is 11.2 Å². The third-order valence-corrected chi connectivity index (χ3v) is 4.35. The van der Waals surface area contributed by atoms with Gasteiger partial charge in [-0.2, -0.15) is 0 Å². The molecule has 1 aromatic carbocycles. The lowest BCUT2D eigenvalue weighted by molar-refractivity contribution is 0.208. The quantitative estimate of drug-likeness (QED) is 0.743. The summed E-state index contributed by atoms with van der Waals surface area (Å²) in [5, 5.41) is 10.7. The van der Waals surface area contributed by atoms with Gasteiger partial charge in [-0.3, -0.25) is 0 Å². The Hall–Kier alpha value is -3.30. The van der Waals surface area contributed by atoms with Crippen molar-refractivity contribution in [3.8, 4) is 0 Å². The van der Waals surface area contributed by atoms with Crippen LogP contribution >= 0.6 is 0 Å². The SMILES string of the molecule is Cn1nnc2c(N3CCN(C(=O)Nc4ccccc4F)CC3)ncnc21. The Morgan fingerprint density at radius 2 is 1.92 bits per heavy atom. The number of hydrogen-bond donors (Lipinski definition) is 1. The summed E-state index contributed by atoms with van der Waals surface area (Å²) in [6.45, 7) is 2.17. The number of fused-ring (bicyclic) bond motifs is 1. The van der Waals surface area contributed by atoms with E-state index < -0.39 is 5.82 Å². The first-order chi connectivity index (χ1) is 12.6. The number of rotatable bonds is 2. The summed E-state index contributed by atoms with van der Waals surface area (Å²) < 4.78 is 15.3. The molecule has 0 radical (unpaired) electrons. The molecule has 3 heterocycles. The average molecular weight is 356 g/mol. The normalized spacial score (nSPS) is 14.7. The summed E-state index contributed by atoms with van der Waals surface area (Å²) in [5.41, 5.74) is 1.48. The number of aromatic nitrogens is 5. The molecule has 1 N–H and O–H groups in total. The topological polar surface area (TPSA) is 92.1 Å². The van der Waals surface area contributed by atoms with Crippen LogP contribution < -0.4 is 10.2 Å². The first-order valence-electron chi connectivity index (χ1n) is 8.19. The van der Waals surface area contributed by atoms with Gasteiger partial charge in [-0.15, -0.1) is 5.10 Å². The molecule has 3 aromatic rings. The molecule has 4 rings (SSSR count). The van der Waals surface area contributed by atoms with Gasteiger partial charge in [-0.05, 0) is 12.1 Å². The number of carbonyl (C=O) groups is 1. The fourth-order valence-corrected chi connectivity index (χ4v) is 2.95. The van der Waals surface area contributed by atoms with Crippen LogP contribution in [0, 0.1) is 5.82 Å². The van der Waals surface area contributed by atoms with Crippen LogP contribution in [0.3, 0.4) is 0 Å². The van der Waals surface area contributed by atoms with Crippen LogP contribution in [0.4, 0.5) is 20.7 Å². The summed E-state index contributed by atoms with van der Waals surface area (Å²) in [5.74, 6) is 0.253. The van der Waals surface area contributed by atoms with Crippen LogP contribution in [0.15, 0.2) is 30.6 Å². The van der Waals surface area contributed by atoms with Crippen molar-refractivity contribution in [3.05, 3.63) is 36.4 Å². The van der Waals surface area contributed by atoms with Gasteiger partial charge in [0, 0.05) is 33.2 Å². The van der Waals surface area contributed by atoms with Gasteiger partial charge in [-0.25, -0.2) is 23.8 Å². The van der Waals surface area contributed by atoms with Crippen molar-refractivity contribution in [1.29, 1.82) is 0 Å². The summed E-state index contributed by atoms with van der Waals surface area (Å²) in [6, 6.07) is 5.79. The number of anilines is 2. The van der Waals surface area contributed by atoms with Crippen molar-refractivity contribution < 1.29 is 9.18 Å². The summed E-state index contributed by atoms with van der Waals surface area (Å²) >= 11 is 0. The Labute approximate surface area is 148 Å². The number of piperazine rings is 1. The van der Waals surface area contributed by atoms with Crippen molar-refractivity contribution in [3.63, 3.8) is 0 Å². The van der Waals surface area contributed by atoms with E-state index >= 15 is 0 Å².